The maximum absolute atomic E-state index is 12.7. The third kappa shape index (κ3) is 5.13. The standard InChI is InChI=1S/C17H26N2O3/c1-5-15(6-2)16(20)19(11-13(3)17(21)22-4)12-14-7-9-18-10-8-14/h7-10,13,15H,5-6,11-12H2,1-4H3. The van der Waals surface area contributed by atoms with Crippen molar-refractivity contribution in [1.29, 1.82) is 0 Å². The maximum atomic E-state index is 12.7. The second kappa shape index (κ2) is 9.18. The van der Waals surface area contributed by atoms with Gasteiger partial charge in [-0.15, -0.1) is 0 Å². The number of ether oxygens (including phenoxy) is 1. The smallest absolute Gasteiger partial charge is 0.310 e. The highest BCUT2D eigenvalue weighted by atomic mass is 16.5. The molecule has 1 heterocycles. The first kappa shape index (κ1) is 18.1. The quantitative estimate of drug-likeness (QED) is 0.693. The minimum absolute atomic E-state index is 0.00770. The second-order valence-corrected chi connectivity index (χ2v) is 5.51. The average molecular weight is 306 g/mol. The second-order valence-electron chi connectivity index (χ2n) is 5.51. The van der Waals surface area contributed by atoms with Gasteiger partial charge in [-0.05, 0) is 30.5 Å². The summed E-state index contributed by atoms with van der Waals surface area (Å²) in [4.78, 5) is 30.1. The molecule has 0 aromatic carbocycles. The molecule has 0 saturated carbocycles. The van der Waals surface area contributed by atoms with Gasteiger partial charge in [-0.2, -0.15) is 0 Å². The number of pyridine rings is 1. The molecule has 0 bridgehead atoms. The number of nitrogens with zero attached hydrogens (tertiary/aromatic N) is 2. The van der Waals surface area contributed by atoms with Gasteiger partial charge in [0.1, 0.15) is 0 Å². The van der Waals surface area contributed by atoms with Crippen LogP contribution >= 0.6 is 0 Å². The van der Waals surface area contributed by atoms with E-state index in [1.54, 1.807) is 24.2 Å². The minimum atomic E-state index is -0.342. The van der Waals surface area contributed by atoms with Crippen LogP contribution in [0.4, 0.5) is 0 Å². The van der Waals surface area contributed by atoms with Crippen LogP contribution in [0.15, 0.2) is 24.5 Å². The Morgan fingerprint density at radius 3 is 2.32 bits per heavy atom. The summed E-state index contributed by atoms with van der Waals surface area (Å²) in [6.07, 6.45) is 5.02. The first-order chi connectivity index (χ1) is 10.5. The van der Waals surface area contributed by atoms with Crippen molar-refractivity contribution in [2.75, 3.05) is 13.7 Å². The Morgan fingerprint density at radius 2 is 1.82 bits per heavy atom. The summed E-state index contributed by atoms with van der Waals surface area (Å²) in [5.74, 6) is -0.550. The predicted octanol–water partition coefficient (Wildman–Crippen LogP) is 2.66. The fourth-order valence-electron chi connectivity index (χ4n) is 2.44. The Labute approximate surface area is 132 Å². The van der Waals surface area contributed by atoms with Crippen molar-refractivity contribution in [2.45, 2.75) is 40.2 Å². The molecule has 0 aliphatic carbocycles. The molecule has 5 heteroatoms. The van der Waals surface area contributed by atoms with Gasteiger partial charge in [-0.3, -0.25) is 14.6 Å². The van der Waals surface area contributed by atoms with Crippen LogP contribution in [-0.2, 0) is 20.9 Å². The van der Waals surface area contributed by atoms with E-state index in [0.717, 1.165) is 18.4 Å². The van der Waals surface area contributed by atoms with Gasteiger partial charge < -0.3 is 9.64 Å². The van der Waals surface area contributed by atoms with Crippen molar-refractivity contribution in [3.63, 3.8) is 0 Å². The van der Waals surface area contributed by atoms with E-state index in [-0.39, 0.29) is 23.7 Å². The summed E-state index contributed by atoms with van der Waals surface area (Å²) in [7, 11) is 1.37. The van der Waals surface area contributed by atoms with Crippen molar-refractivity contribution < 1.29 is 14.3 Å². The number of hydrogen-bond donors (Lipinski definition) is 0. The number of amides is 1. The van der Waals surface area contributed by atoms with Crippen LogP contribution in [0, 0.1) is 11.8 Å². The van der Waals surface area contributed by atoms with Gasteiger partial charge in [-0.1, -0.05) is 20.8 Å². The fourth-order valence-corrected chi connectivity index (χ4v) is 2.44. The molecule has 0 radical (unpaired) electrons. The van der Waals surface area contributed by atoms with E-state index in [1.165, 1.54) is 7.11 Å². The number of carbonyl (C=O) groups excluding carboxylic acids is 2. The summed E-state index contributed by atoms with van der Waals surface area (Å²) in [6.45, 7) is 6.66. The van der Waals surface area contributed by atoms with Crippen LogP contribution in [0.1, 0.15) is 39.2 Å². The number of methoxy groups -OCH3 is 1. The summed E-state index contributed by atoms with van der Waals surface area (Å²) in [5.41, 5.74) is 1.01. The zero-order chi connectivity index (χ0) is 16.5. The van der Waals surface area contributed by atoms with E-state index >= 15 is 0 Å². The van der Waals surface area contributed by atoms with Crippen molar-refractivity contribution >= 4 is 11.9 Å². The first-order valence-electron chi connectivity index (χ1n) is 7.78. The number of aromatic nitrogens is 1. The normalized spacial score (nSPS) is 12.0. The fraction of sp³-hybridized carbons (Fsp3) is 0.588. The molecule has 22 heavy (non-hydrogen) atoms. The molecule has 1 aromatic rings. The van der Waals surface area contributed by atoms with Crippen molar-refractivity contribution in [1.82, 2.24) is 9.88 Å². The Kier molecular flexibility index (Phi) is 7.57. The Bertz CT molecular complexity index is 472. The lowest BCUT2D eigenvalue weighted by Crippen LogP contribution is -2.40. The molecule has 1 atom stereocenters. The van der Waals surface area contributed by atoms with Crippen LogP contribution in [0.5, 0.6) is 0 Å². The first-order valence-corrected chi connectivity index (χ1v) is 7.78. The van der Waals surface area contributed by atoms with Gasteiger partial charge in [0.2, 0.25) is 5.91 Å². The van der Waals surface area contributed by atoms with E-state index in [0.29, 0.717) is 13.1 Å². The topological polar surface area (TPSA) is 59.5 Å². The molecule has 1 amide bonds. The number of esters is 1. The molecule has 0 spiro atoms. The predicted molar refractivity (Wildman–Crippen MR) is 84.9 cm³/mol. The Morgan fingerprint density at radius 1 is 1.23 bits per heavy atom. The van der Waals surface area contributed by atoms with Gasteiger partial charge in [0.15, 0.2) is 0 Å². The van der Waals surface area contributed by atoms with Gasteiger partial charge in [-0.25, -0.2) is 0 Å². The van der Waals surface area contributed by atoms with E-state index in [1.807, 2.05) is 26.0 Å². The van der Waals surface area contributed by atoms with Crippen molar-refractivity contribution in [3.05, 3.63) is 30.1 Å². The summed E-state index contributed by atoms with van der Waals surface area (Å²) in [5, 5.41) is 0. The minimum Gasteiger partial charge on any atom is -0.469 e. The van der Waals surface area contributed by atoms with Gasteiger partial charge in [0.25, 0.3) is 0 Å². The molecule has 0 fully saturated rings. The average Bonchev–Trinajstić information content (AvgIpc) is 2.55. The van der Waals surface area contributed by atoms with Crippen LogP contribution < -0.4 is 0 Å². The highest BCUT2D eigenvalue weighted by molar-refractivity contribution is 5.80. The molecular weight excluding hydrogens is 280 g/mol. The van der Waals surface area contributed by atoms with E-state index in [2.05, 4.69) is 4.98 Å². The SMILES string of the molecule is CCC(CC)C(=O)N(Cc1ccncc1)CC(C)C(=O)OC. The molecule has 1 aromatic heterocycles. The zero-order valence-corrected chi connectivity index (χ0v) is 13.9. The van der Waals surface area contributed by atoms with Gasteiger partial charge >= 0.3 is 5.97 Å². The molecular formula is C17H26N2O3. The van der Waals surface area contributed by atoms with E-state index < -0.39 is 0 Å². The van der Waals surface area contributed by atoms with Crippen LogP contribution in [0.25, 0.3) is 0 Å². The Hall–Kier alpha value is -1.91. The zero-order valence-electron chi connectivity index (χ0n) is 13.9. The highest BCUT2D eigenvalue weighted by Crippen LogP contribution is 2.16. The lowest BCUT2D eigenvalue weighted by molar-refractivity contribution is -0.147. The van der Waals surface area contributed by atoms with Gasteiger partial charge in [0, 0.05) is 31.4 Å². The van der Waals surface area contributed by atoms with Crippen LogP contribution in [0.2, 0.25) is 0 Å². The lowest BCUT2D eigenvalue weighted by atomic mass is 10.0. The highest BCUT2D eigenvalue weighted by Gasteiger charge is 2.25. The van der Waals surface area contributed by atoms with Crippen molar-refractivity contribution in [3.8, 4) is 0 Å². The molecule has 1 unspecified atom stereocenters. The number of carbonyl (C=O) groups is 2. The third-order valence-corrected chi connectivity index (χ3v) is 3.87. The molecule has 1 rings (SSSR count). The summed E-state index contributed by atoms with van der Waals surface area (Å²) < 4.78 is 4.77. The Balaban J connectivity index is 2.89. The lowest BCUT2D eigenvalue weighted by Gasteiger charge is -2.28. The third-order valence-electron chi connectivity index (χ3n) is 3.87. The number of rotatable bonds is 8. The maximum Gasteiger partial charge on any atom is 0.310 e. The molecule has 0 N–H and O–H groups in total. The summed E-state index contributed by atoms with van der Waals surface area (Å²) in [6, 6.07) is 3.77. The largest absolute Gasteiger partial charge is 0.469 e. The van der Waals surface area contributed by atoms with E-state index in [4.69, 9.17) is 4.74 Å². The van der Waals surface area contributed by atoms with Crippen LogP contribution in [0.3, 0.4) is 0 Å². The van der Waals surface area contributed by atoms with Crippen molar-refractivity contribution in [2.24, 2.45) is 11.8 Å². The summed E-state index contributed by atoms with van der Waals surface area (Å²) >= 11 is 0. The number of hydrogen-bond acceptors (Lipinski definition) is 4. The molecule has 0 aliphatic rings. The molecule has 0 saturated heterocycles. The molecule has 5 nitrogen and oxygen atoms in total. The monoisotopic (exact) mass is 306 g/mol. The van der Waals surface area contributed by atoms with Gasteiger partial charge in [0.05, 0.1) is 13.0 Å². The molecule has 0 aliphatic heterocycles. The van der Waals surface area contributed by atoms with E-state index in [9.17, 15) is 9.59 Å². The molecule has 122 valence electrons. The van der Waals surface area contributed by atoms with Crippen LogP contribution in [-0.4, -0.2) is 35.4 Å².